The fraction of sp³-hybridized carbons (Fsp3) is 0.364. The van der Waals surface area contributed by atoms with E-state index in [1.54, 1.807) is 24.3 Å². The molecule has 1 aliphatic rings. The van der Waals surface area contributed by atoms with Gasteiger partial charge in [0.2, 0.25) is 0 Å². The van der Waals surface area contributed by atoms with Crippen molar-refractivity contribution in [3.05, 3.63) is 30.3 Å². The summed E-state index contributed by atoms with van der Waals surface area (Å²) in [6, 6.07) is 8.35. The molecule has 1 fully saturated rings. The van der Waals surface area contributed by atoms with E-state index in [0.717, 1.165) is 0 Å². The van der Waals surface area contributed by atoms with Crippen molar-refractivity contribution in [3.63, 3.8) is 0 Å². The van der Waals surface area contributed by atoms with Gasteiger partial charge < -0.3 is 19.9 Å². The smallest absolute Gasteiger partial charge is 0.410 e. The van der Waals surface area contributed by atoms with Crippen LogP contribution >= 0.6 is 0 Å². The Morgan fingerprint density at radius 1 is 1.38 bits per heavy atom. The summed E-state index contributed by atoms with van der Waals surface area (Å²) < 4.78 is 10.0. The van der Waals surface area contributed by atoms with Gasteiger partial charge in [-0.05, 0) is 12.1 Å². The van der Waals surface area contributed by atoms with E-state index in [9.17, 15) is 9.90 Å². The molecule has 1 aromatic rings. The molecule has 1 heterocycles. The van der Waals surface area contributed by atoms with Crippen LogP contribution in [0.5, 0.6) is 5.75 Å². The van der Waals surface area contributed by atoms with Gasteiger partial charge in [-0.15, -0.1) is 0 Å². The summed E-state index contributed by atoms with van der Waals surface area (Å²) in [6.45, 7) is 0.557. The number of hydrogen-bond donors (Lipinski definition) is 2. The van der Waals surface area contributed by atoms with Crippen molar-refractivity contribution in [2.75, 3.05) is 13.2 Å². The molecule has 1 amide bonds. The molecular weight excluding hydrogens is 210 g/mol. The van der Waals surface area contributed by atoms with Crippen LogP contribution < -0.4 is 10.1 Å². The quantitative estimate of drug-likeness (QED) is 0.767. The number of para-hydroxylation sites is 1. The number of ether oxygens (including phenoxy) is 2. The number of nitrogens with one attached hydrogen (secondary N) is 1. The highest BCUT2D eigenvalue weighted by atomic mass is 16.6. The van der Waals surface area contributed by atoms with Crippen LogP contribution in [0.2, 0.25) is 0 Å². The van der Waals surface area contributed by atoms with E-state index in [1.165, 1.54) is 0 Å². The number of carbonyl (C=O) groups excluding carboxylic acids is 1. The summed E-state index contributed by atoms with van der Waals surface area (Å²) in [5, 5.41) is 11.9. The summed E-state index contributed by atoms with van der Waals surface area (Å²) in [6.07, 6.45) is -1.25. The Bertz CT molecular complexity index is 354. The molecule has 1 aromatic carbocycles. The van der Waals surface area contributed by atoms with Crippen molar-refractivity contribution >= 4 is 6.09 Å². The Hall–Kier alpha value is -1.59. The second kappa shape index (κ2) is 4.96. The second-order valence-corrected chi connectivity index (χ2v) is 3.56. The molecule has 0 unspecified atom stereocenters. The van der Waals surface area contributed by atoms with E-state index in [0.29, 0.717) is 12.4 Å². The van der Waals surface area contributed by atoms with E-state index < -0.39 is 18.2 Å². The van der Waals surface area contributed by atoms with Gasteiger partial charge >= 0.3 is 6.09 Å². The molecule has 5 heteroatoms. The Morgan fingerprint density at radius 2 is 2.12 bits per heavy atom. The van der Waals surface area contributed by atoms with Crippen LogP contribution in [-0.4, -0.2) is 36.6 Å². The van der Waals surface area contributed by atoms with Crippen molar-refractivity contribution in [2.24, 2.45) is 0 Å². The molecule has 2 rings (SSSR count). The molecule has 5 nitrogen and oxygen atoms in total. The Kier molecular flexibility index (Phi) is 3.38. The molecule has 16 heavy (non-hydrogen) atoms. The first-order valence-electron chi connectivity index (χ1n) is 5.05. The normalized spacial score (nSPS) is 24.1. The lowest BCUT2D eigenvalue weighted by molar-refractivity contribution is 0.121. The van der Waals surface area contributed by atoms with E-state index in [4.69, 9.17) is 9.47 Å². The molecule has 0 radical (unpaired) electrons. The first-order chi connectivity index (χ1) is 7.75. The zero-order valence-electron chi connectivity index (χ0n) is 8.63. The Morgan fingerprint density at radius 3 is 2.75 bits per heavy atom. The van der Waals surface area contributed by atoms with E-state index >= 15 is 0 Å². The Balaban J connectivity index is 1.85. The molecule has 1 aliphatic heterocycles. The highest BCUT2D eigenvalue weighted by Gasteiger charge is 2.28. The number of carbonyl (C=O) groups is 1. The predicted molar refractivity (Wildman–Crippen MR) is 56.2 cm³/mol. The molecule has 0 bridgehead atoms. The van der Waals surface area contributed by atoms with Gasteiger partial charge in [0.1, 0.15) is 5.75 Å². The number of aliphatic hydroxyl groups excluding tert-OH is 1. The first kappa shape index (κ1) is 10.9. The average Bonchev–Trinajstić information content (AvgIpc) is 2.66. The van der Waals surface area contributed by atoms with Crippen LogP contribution in [0.1, 0.15) is 0 Å². The molecule has 86 valence electrons. The molecule has 2 atom stereocenters. The zero-order chi connectivity index (χ0) is 11.4. The van der Waals surface area contributed by atoms with Crippen LogP contribution in [0.3, 0.4) is 0 Å². The summed E-state index contributed by atoms with van der Waals surface area (Å²) in [5.74, 6) is 0.466. The van der Waals surface area contributed by atoms with E-state index in [-0.39, 0.29) is 6.61 Å². The van der Waals surface area contributed by atoms with Crippen molar-refractivity contribution < 1.29 is 19.4 Å². The fourth-order valence-corrected chi connectivity index (χ4v) is 1.46. The maximum Gasteiger partial charge on any atom is 0.412 e. The summed E-state index contributed by atoms with van der Waals surface area (Å²) in [4.78, 5) is 11.4. The topological polar surface area (TPSA) is 67.8 Å². The summed E-state index contributed by atoms with van der Waals surface area (Å²) in [5.41, 5.74) is 0. The van der Waals surface area contributed by atoms with Crippen molar-refractivity contribution in [1.82, 2.24) is 5.32 Å². The van der Waals surface area contributed by atoms with Crippen LogP contribution in [0.15, 0.2) is 30.3 Å². The molecule has 2 N–H and O–H groups in total. The minimum Gasteiger partial charge on any atom is -0.410 e. The third-order valence-electron chi connectivity index (χ3n) is 2.31. The first-order valence-corrected chi connectivity index (χ1v) is 5.05. The highest BCUT2D eigenvalue weighted by Crippen LogP contribution is 2.10. The van der Waals surface area contributed by atoms with Crippen LogP contribution in [0.4, 0.5) is 4.79 Å². The van der Waals surface area contributed by atoms with Crippen molar-refractivity contribution in [1.29, 1.82) is 0 Å². The molecule has 0 spiro atoms. The van der Waals surface area contributed by atoms with Gasteiger partial charge in [-0.25, -0.2) is 4.79 Å². The van der Waals surface area contributed by atoms with Gasteiger partial charge in [-0.3, -0.25) is 0 Å². The number of benzene rings is 1. The summed E-state index contributed by atoms with van der Waals surface area (Å²) >= 11 is 0. The molecule has 1 saturated heterocycles. The average molecular weight is 223 g/mol. The van der Waals surface area contributed by atoms with Gasteiger partial charge in [-0.1, -0.05) is 18.2 Å². The maximum atomic E-state index is 11.4. The number of rotatable bonds is 2. The van der Waals surface area contributed by atoms with Gasteiger partial charge in [0.05, 0.1) is 25.4 Å². The lowest BCUT2D eigenvalue weighted by atomic mass is 10.2. The van der Waals surface area contributed by atoms with Crippen molar-refractivity contribution in [2.45, 2.75) is 12.1 Å². The van der Waals surface area contributed by atoms with Crippen molar-refractivity contribution in [3.8, 4) is 5.75 Å². The fourth-order valence-electron chi connectivity index (χ4n) is 1.46. The maximum absolute atomic E-state index is 11.4. The Labute approximate surface area is 93.0 Å². The molecule has 0 saturated carbocycles. The lowest BCUT2D eigenvalue weighted by Gasteiger charge is -2.14. The van der Waals surface area contributed by atoms with Crippen LogP contribution in [0, 0.1) is 0 Å². The van der Waals surface area contributed by atoms with Crippen LogP contribution in [-0.2, 0) is 4.74 Å². The van der Waals surface area contributed by atoms with E-state index in [1.807, 2.05) is 6.07 Å². The van der Waals surface area contributed by atoms with Gasteiger partial charge in [0.15, 0.2) is 0 Å². The number of amides is 1. The number of hydrogen-bond acceptors (Lipinski definition) is 4. The second-order valence-electron chi connectivity index (χ2n) is 3.56. The minimum atomic E-state index is -0.664. The monoisotopic (exact) mass is 223 g/mol. The summed E-state index contributed by atoms with van der Waals surface area (Å²) in [7, 11) is 0. The van der Waals surface area contributed by atoms with Gasteiger partial charge in [0.25, 0.3) is 0 Å². The molecule has 0 aliphatic carbocycles. The van der Waals surface area contributed by atoms with Crippen LogP contribution in [0.25, 0.3) is 0 Å². The number of aliphatic hydroxyl groups is 1. The zero-order valence-corrected chi connectivity index (χ0v) is 8.63. The van der Waals surface area contributed by atoms with Gasteiger partial charge in [-0.2, -0.15) is 0 Å². The molecular formula is C11H13NO4. The standard InChI is InChI=1S/C11H13NO4/c13-10-7-15-6-9(10)12-11(14)16-8-4-2-1-3-5-8/h1-5,9-10,13H,6-7H2,(H,12,14)/t9-,10-/m0/s1. The predicted octanol–water partition coefficient (Wildman–Crippen LogP) is 0.535. The third-order valence-corrected chi connectivity index (χ3v) is 2.31. The highest BCUT2D eigenvalue weighted by molar-refractivity contribution is 5.70. The minimum absolute atomic E-state index is 0.246. The van der Waals surface area contributed by atoms with E-state index in [2.05, 4.69) is 5.32 Å². The SMILES string of the molecule is O=C(N[C@H]1COC[C@@H]1O)Oc1ccccc1. The van der Waals surface area contributed by atoms with Gasteiger partial charge in [0, 0.05) is 0 Å². The molecule has 0 aromatic heterocycles. The lowest BCUT2D eigenvalue weighted by Crippen LogP contribution is -2.43. The largest absolute Gasteiger partial charge is 0.412 e. The third kappa shape index (κ3) is 2.71.